The molecule has 0 spiro atoms. The summed E-state index contributed by atoms with van der Waals surface area (Å²) in [6, 6.07) is 0.170. The predicted octanol–water partition coefficient (Wildman–Crippen LogP) is 1.73. The lowest BCUT2D eigenvalue weighted by Gasteiger charge is -2.32. The Balaban J connectivity index is 4.34. The first-order valence-corrected chi connectivity index (χ1v) is 5.56. The molecule has 0 aromatic carbocycles. The molecule has 96 valence electrons. The van der Waals surface area contributed by atoms with Gasteiger partial charge in [0.15, 0.2) is 0 Å². The van der Waals surface area contributed by atoms with Crippen LogP contribution in [0.5, 0.6) is 0 Å². The molecule has 0 aromatic rings. The van der Waals surface area contributed by atoms with E-state index in [9.17, 15) is 4.79 Å². The van der Waals surface area contributed by atoms with Crippen LogP contribution in [0.3, 0.4) is 0 Å². The van der Waals surface area contributed by atoms with Gasteiger partial charge in [-0.2, -0.15) is 0 Å². The van der Waals surface area contributed by atoms with Crippen molar-refractivity contribution in [2.24, 2.45) is 0 Å². The average molecular weight is 231 g/mol. The fourth-order valence-electron chi connectivity index (χ4n) is 1.80. The second-order valence-electron chi connectivity index (χ2n) is 5.33. The van der Waals surface area contributed by atoms with Crippen LogP contribution in [0.25, 0.3) is 0 Å². The molecule has 0 saturated heterocycles. The molecule has 0 bridgehead atoms. The van der Waals surface area contributed by atoms with Gasteiger partial charge in [-0.25, -0.2) is 0 Å². The molecule has 0 aliphatic heterocycles. The zero-order valence-electron chi connectivity index (χ0n) is 11.5. The van der Waals surface area contributed by atoms with Gasteiger partial charge in [0.1, 0.15) is 5.54 Å². The lowest BCUT2D eigenvalue weighted by Crippen LogP contribution is -2.52. The molecule has 0 saturated carbocycles. The first-order chi connectivity index (χ1) is 7.14. The first kappa shape index (κ1) is 15.4. The van der Waals surface area contributed by atoms with E-state index < -0.39 is 5.54 Å². The number of ether oxygens (including phenoxy) is 2. The highest BCUT2D eigenvalue weighted by atomic mass is 16.5. The minimum absolute atomic E-state index is 0.170. The van der Waals surface area contributed by atoms with Crippen molar-refractivity contribution in [2.45, 2.75) is 58.2 Å². The Labute approximate surface area is 98.7 Å². The van der Waals surface area contributed by atoms with Crippen molar-refractivity contribution >= 4 is 5.97 Å². The third kappa shape index (κ3) is 4.94. The Kier molecular flexibility index (Phi) is 5.42. The van der Waals surface area contributed by atoms with Crippen LogP contribution in [0.15, 0.2) is 0 Å². The maximum Gasteiger partial charge on any atom is 0.325 e. The van der Waals surface area contributed by atoms with Gasteiger partial charge in [-0.1, -0.05) is 0 Å². The van der Waals surface area contributed by atoms with Gasteiger partial charge in [-0.15, -0.1) is 0 Å². The summed E-state index contributed by atoms with van der Waals surface area (Å²) < 4.78 is 10.1. The summed E-state index contributed by atoms with van der Waals surface area (Å²) in [6.45, 7) is 9.71. The van der Waals surface area contributed by atoms with Crippen LogP contribution in [-0.2, 0) is 14.3 Å². The van der Waals surface area contributed by atoms with Crippen LogP contribution in [0, 0.1) is 0 Å². The molecule has 0 rings (SSSR count). The molecule has 1 atom stereocenters. The second-order valence-corrected chi connectivity index (χ2v) is 5.33. The largest absolute Gasteiger partial charge is 0.468 e. The van der Waals surface area contributed by atoms with Crippen molar-refractivity contribution in [2.75, 3.05) is 14.2 Å². The zero-order valence-corrected chi connectivity index (χ0v) is 11.5. The molecule has 4 nitrogen and oxygen atoms in total. The number of hydrogen-bond donors (Lipinski definition) is 1. The summed E-state index contributed by atoms with van der Waals surface area (Å²) in [6.07, 6.45) is 0.823. The molecule has 0 fully saturated rings. The van der Waals surface area contributed by atoms with E-state index in [0.717, 1.165) is 6.42 Å². The van der Waals surface area contributed by atoms with Gasteiger partial charge in [0.25, 0.3) is 0 Å². The number of rotatable bonds is 6. The van der Waals surface area contributed by atoms with Crippen LogP contribution in [-0.4, -0.2) is 37.4 Å². The van der Waals surface area contributed by atoms with E-state index in [-0.39, 0.29) is 17.6 Å². The van der Waals surface area contributed by atoms with Gasteiger partial charge in [0.05, 0.1) is 12.7 Å². The fraction of sp³-hybridized carbons (Fsp3) is 0.917. The zero-order chi connectivity index (χ0) is 13.0. The van der Waals surface area contributed by atoms with Crippen molar-refractivity contribution in [3.05, 3.63) is 0 Å². The summed E-state index contributed by atoms with van der Waals surface area (Å²) >= 11 is 0. The standard InChI is InChI=1S/C12H25NO3/c1-9(8-11(2,3)16-7)13-12(4,5)10(14)15-6/h9,13H,8H2,1-7H3. The van der Waals surface area contributed by atoms with Crippen molar-refractivity contribution < 1.29 is 14.3 Å². The summed E-state index contributed by atoms with van der Waals surface area (Å²) in [5, 5.41) is 3.24. The third-order valence-electron chi connectivity index (χ3n) is 2.65. The normalized spacial score (nSPS) is 14.7. The van der Waals surface area contributed by atoms with E-state index in [1.165, 1.54) is 7.11 Å². The number of carbonyl (C=O) groups is 1. The number of carbonyl (C=O) groups excluding carboxylic acids is 1. The molecule has 1 N–H and O–H groups in total. The third-order valence-corrected chi connectivity index (χ3v) is 2.65. The second kappa shape index (κ2) is 5.64. The fourth-order valence-corrected chi connectivity index (χ4v) is 1.80. The van der Waals surface area contributed by atoms with Gasteiger partial charge in [-0.05, 0) is 41.0 Å². The van der Waals surface area contributed by atoms with E-state index in [1.54, 1.807) is 7.11 Å². The van der Waals surface area contributed by atoms with E-state index in [1.807, 2.05) is 34.6 Å². The van der Waals surface area contributed by atoms with Crippen LogP contribution in [0.2, 0.25) is 0 Å². The maximum atomic E-state index is 11.5. The quantitative estimate of drug-likeness (QED) is 0.707. The van der Waals surface area contributed by atoms with Crippen molar-refractivity contribution in [3.63, 3.8) is 0 Å². The van der Waals surface area contributed by atoms with E-state index >= 15 is 0 Å². The summed E-state index contributed by atoms with van der Waals surface area (Å²) in [7, 11) is 3.09. The average Bonchev–Trinajstić information content (AvgIpc) is 2.14. The molecule has 16 heavy (non-hydrogen) atoms. The molecule has 1 unspecified atom stereocenters. The van der Waals surface area contributed by atoms with Crippen molar-refractivity contribution in [3.8, 4) is 0 Å². The highest BCUT2D eigenvalue weighted by Gasteiger charge is 2.31. The minimum Gasteiger partial charge on any atom is -0.468 e. The Morgan fingerprint density at radius 1 is 1.25 bits per heavy atom. The minimum atomic E-state index is -0.669. The highest BCUT2D eigenvalue weighted by Crippen LogP contribution is 2.17. The predicted molar refractivity (Wildman–Crippen MR) is 64.4 cm³/mol. The summed E-state index contributed by atoms with van der Waals surface area (Å²) in [5.74, 6) is -0.255. The number of methoxy groups -OCH3 is 2. The smallest absolute Gasteiger partial charge is 0.325 e. The summed E-state index contributed by atoms with van der Waals surface area (Å²) in [4.78, 5) is 11.5. The van der Waals surface area contributed by atoms with Crippen LogP contribution in [0.1, 0.15) is 41.0 Å². The van der Waals surface area contributed by atoms with Crippen molar-refractivity contribution in [1.82, 2.24) is 5.32 Å². The number of hydrogen-bond acceptors (Lipinski definition) is 4. The molecule has 0 aromatic heterocycles. The van der Waals surface area contributed by atoms with Crippen LogP contribution < -0.4 is 5.32 Å². The van der Waals surface area contributed by atoms with Gasteiger partial charge < -0.3 is 9.47 Å². The van der Waals surface area contributed by atoms with E-state index in [4.69, 9.17) is 9.47 Å². The number of nitrogens with one attached hydrogen (secondary N) is 1. The lowest BCUT2D eigenvalue weighted by atomic mass is 9.96. The first-order valence-electron chi connectivity index (χ1n) is 5.56. The molecular formula is C12H25NO3. The van der Waals surface area contributed by atoms with Gasteiger partial charge in [0, 0.05) is 13.2 Å². The molecule has 0 aliphatic rings. The van der Waals surface area contributed by atoms with E-state index in [2.05, 4.69) is 5.32 Å². The number of esters is 1. The molecule has 0 heterocycles. The molecule has 0 aliphatic carbocycles. The van der Waals surface area contributed by atoms with Crippen LogP contribution in [0.4, 0.5) is 0 Å². The van der Waals surface area contributed by atoms with Gasteiger partial charge >= 0.3 is 5.97 Å². The summed E-state index contributed by atoms with van der Waals surface area (Å²) in [5.41, 5.74) is -0.864. The molecule has 0 radical (unpaired) electrons. The van der Waals surface area contributed by atoms with Crippen LogP contribution >= 0.6 is 0 Å². The Bertz CT molecular complexity index is 236. The Morgan fingerprint density at radius 2 is 1.75 bits per heavy atom. The Hall–Kier alpha value is -0.610. The lowest BCUT2D eigenvalue weighted by molar-refractivity contribution is -0.147. The molecule has 4 heteroatoms. The van der Waals surface area contributed by atoms with Crippen molar-refractivity contribution in [1.29, 1.82) is 0 Å². The van der Waals surface area contributed by atoms with E-state index in [0.29, 0.717) is 0 Å². The monoisotopic (exact) mass is 231 g/mol. The van der Waals surface area contributed by atoms with Gasteiger partial charge in [0.2, 0.25) is 0 Å². The SMILES string of the molecule is COC(=O)C(C)(C)NC(C)CC(C)(C)OC. The molecular weight excluding hydrogens is 206 g/mol. The van der Waals surface area contributed by atoms with Gasteiger partial charge in [-0.3, -0.25) is 10.1 Å². The highest BCUT2D eigenvalue weighted by molar-refractivity contribution is 5.79. The maximum absolute atomic E-state index is 11.5. The molecule has 0 amide bonds. The topological polar surface area (TPSA) is 47.6 Å². The Morgan fingerprint density at radius 3 is 2.12 bits per heavy atom.